The van der Waals surface area contributed by atoms with Crippen molar-refractivity contribution in [3.05, 3.63) is 0 Å². The zero-order valence-electron chi connectivity index (χ0n) is 9.29. The smallest absolute Gasteiger partial charge is 0.346 e. The second-order valence-corrected chi connectivity index (χ2v) is 3.17. The van der Waals surface area contributed by atoms with Gasteiger partial charge in [-0.25, -0.2) is 4.79 Å². The molecule has 0 aromatic heterocycles. The van der Waals surface area contributed by atoms with Crippen LogP contribution in [-0.2, 0) is 14.3 Å². The lowest BCUT2D eigenvalue weighted by Crippen LogP contribution is -2.53. The Bertz CT molecular complexity index is 283. The van der Waals surface area contributed by atoms with Crippen molar-refractivity contribution in [2.45, 2.75) is 39.2 Å². The third kappa shape index (κ3) is 3.58. The molecule has 0 fully saturated rings. The first-order valence-corrected chi connectivity index (χ1v) is 4.89. The Kier molecular flexibility index (Phi) is 5.39. The molecule has 0 saturated heterocycles. The number of hydrogen-bond acceptors (Lipinski definition) is 4. The number of ether oxygens (including phenoxy) is 1. The Morgan fingerprint density at radius 3 is 2.40 bits per heavy atom. The Morgan fingerprint density at radius 2 is 2.07 bits per heavy atom. The molecule has 84 valence electrons. The summed E-state index contributed by atoms with van der Waals surface area (Å²) in [5, 5.41) is 11.3. The predicted octanol–water partition coefficient (Wildman–Crippen LogP) is 0.748. The molecular weight excluding hydrogens is 196 g/mol. The topological polar surface area (TPSA) is 79.2 Å². The van der Waals surface area contributed by atoms with Gasteiger partial charge in [-0.3, -0.25) is 4.79 Å². The Morgan fingerprint density at radius 1 is 1.47 bits per heavy atom. The highest BCUT2D eigenvalue weighted by molar-refractivity contribution is 5.90. The van der Waals surface area contributed by atoms with Gasteiger partial charge >= 0.3 is 5.97 Å². The van der Waals surface area contributed by atoms with Gasteiger partial charge in [0.25, 0.3) is 0 Å². The molecule has 0 rings (SSSR count). The van der Waals surface area contributed by atoms with Gasteiger partial charge in [0.15, 0.2) is 0 Å². The molecule has 0 aromatic carbocycles. The van der Waals surface area contributed by atoms with Gasteiger partial charge in [0.1, 0.15) is 6.07 Å². The highest BCUT2D eigenvalue weighted by atomic mass is 16.5. The van der Waals surface area contributed by atoms with E-state index < -0.39 is 17.4 Å². The van der Waals surface area contributed by atoms with Crippen LogP contribution in [0.4, 0.5) is 0 Å². The van der Waals surface area contributed by atoms with Crippen LogP contribution >= 0.6 is 0 Å². The average Bonchev–Trinajstić information content (AvgIpc) is 2.16. The molecule has 0 spiro atoms. The third-order valence-electron chi connectivity index (χ3n) is 1.83. The third-order valence-corrected chi connectivity index (χ3v) is 1.83. The van der Waals surface area contributed by atoms with Gasteiger partial charge in [-0.1, -0.05) is 13.3 Å². The molecule has 15 heavy (non-hydrogen) atoms. The van der Waals surface area contributed by atoms with E-state index in [1.54, 1.807) is 6.92 Å². The van der Waals surface area contributed by atoms with Crippen molar-refractivity contribution in [2.75, 3.05) is 6.61 Å². The first-order valence-electron chi connectivity index (χ1n) is 4.89. The Balaban J connectivity index is 4.89. The summed E-state index contributed by atoms with van der Waals surface area (Å²) in [5.41, 5.74) is -1.53. The summed E-state index contributed by atoms with van der Waals surface area (Å²) in [6, 6.07) is 1.83. The molecule has 0 aliphatic heterocycles. The number of amides is 1. The van der Waals surface area contributed by atoms with Crippen LogP contribution in [0.2, 0.25) is 0 Å². The normalized spacial score (nSPS) is 13.5. The average molecular weight is 212 g/mol. The summed E-state index contributed by atoms with van der Waals surface area (Å²) in [6.07, 6.45) is 0.856. The lowest BCUT2D eigenvalue weighted by molar-refractivity contribution is -0.150. The second kappa shape index (κ2) is 6.02. The van der Waals surface area contributed by atoms with Crippen LogP contribution in [0.25, 0.3) is 0 Å². The van der Waals surface area contributed by atoms with Crippen LogP contribution in [0.15, 0.2) is 0 Å². The van der Waals surface area contributed by atoms with Crippen molar-refractivity contribution in [3.63, 3.8) is 0 Å². The van der Waals surface area contributed by atoms with E-state index in [2.05, 4.69) is 5.32 Å². The molecule has 1 N–H and O–H groups in total. The van der Waals surface area contributed by atoms with Crippen LogP contribution in [0.1, 0.15) is 33.6 Å². The summed E-state index contributed by atoms with van der Waals surface area (Å²) in [6.45, 7) is 4.93. The molecule has 5 heteroatoms. The van der Waals surface area contributed by atoms with Gasteiger partial charge in [-0.2, -0.15) is 5.26 Å². The Hall–Kier alpha value is -1.57. The molecule has 1 amide bonds. The van der Waals surface area contributed by atoms with Gasteiger partial charge in [0.2, 0.25) is 11.4 Å². The van der Waals surface area contributed by atoms with Gasteiger partial charge < -0.3 is 10.1 Å². The van der Waals surface area contributed by atoms with Crippen LogP contribution in [0, 0.1) is 11.3 Å². The second-order valence-electron chi connectivity index (χ2n) is 3.17. The summed E-state index contributed by atoms with van der Waals surface area (Å²) >= 11 is 0. The van der Waals surface area contributed by atoms with Crippen molar-refractivity contribution >= 4 is 11.9 Å². The lowest BCUT2D eigenvalue weighted by Gasteiger charge is -2.24. The van der Waals surface area contributed by atoms with Crippen molar-refractivity contribution < 1.29 is 14.3 Å². The molecule has 1 atom stereocenters. The number of nitriles is 1. The quantitative estimate of drug-likeness (QED) is 0.682. The molecule has 0 saturated carbocycles. The largest absolute Gasteiger partial charge is 0.463 e. The van der Waals surface area contributed by atoms with Crippen LogP contribution in [0.5, 0.6) is 0 Å². The molecule has 0 heterocycles. The fraction of sp³-hybridized carbons (Fsp3) is 0.700. The SMILES string of the molecule is CCCC(C#N)(NC(C)=O)C(=O)OCC. The number of carbonyl (C=O) groups is 2. The van der Waals surface area contributed by atoms with E-state index >= 15 is 0 Å². The zero-order valence-corrected chi connectivity index (χ0v) is 9.29. The van der Waals surface area contributed by atoms with Gasteiger partial charge in [0, 0.05) is 6.92 Å². The van der Waals surface area contributed by atoms with Gasteiger partial charge in [-0.05, 0) is 13.3 Å². The molecular formula is C10H16N2O3. The molecule has 5 nitrogen and oxygen atoms in total. The van der Waals surface area contributed by atoms with Gasteiger partial charge in [0.05, 0.1) is 6.61 Å². The van der Waals surface area contributed by atoms with Crippen LogP contribution in [0.3, 0.4) is 0 Å². The first kappa shape index (κ1) is 13.4. The standard InChI is InChI=1S/C10H16N2O3/c1-4-6-10(7-11,12-8(3)13)9(14)15-5-2/h4-6H2,1-3H3,(H,12,13). The summed E-state index contributed by atoms with van der Waals surface area (Å²) < 4.78 is 4.78. The lowest BCUT2D eigenvalue weighted by atomic mass is 9.95. The minimum absolute atomic E-state index is 0.186. The van der Waals surface area contributed by atoms with Crippen molar-refractivity contribution in [2.24, 2.45) is 0 Å². The van der Waals surface area contributed by atoms with E-state index in [0.29, 0.717) is 6.42 Å². The predicted molar refractivity (Wildman–Crippen MR) is 53.7 cm³/mol. The van der Waals surface area contributed by atoms with Crippen molar-refractivity contribution in [1.82, 2.24) is 5.32 Å². The van der Waals surface area contributed by atoms with E-state index in [4.69, 9.17) is 10.00 Å². The Labute approximate surface area is 89.4 Å². The monoisotopic (exact) mass is 212 g/mol. The number of hydrogen-bond donors (Lipinski definition) is 1. The summed E-state index contributed by atoms with van der Waals surface area (Å²) in [4.78, 5) is 22.5. The van der Waals surface area contributed by atoms with E-state index in [1.165, 1.54) is 6.92 Å². The van der Waals surface area contributed by atoms with E-state index in [9.17, 15) is 9.59 Å². The maximum absolute atomic E-state index is 11.6. The number of esters is 1. The highest BCUT2D eigenvalue weighted by Crippen LogP contribution is 2.14. The van der Waals surface area contributed by atoms with Crippen LogP contribution in [-0.4, -0.2) is 24.0 Å². The molecule has 0 aliphatic rings. The number of nitrogens with one attached hydrogen (secondary N) is 1. The minimum Gasteiger partial charge on any atom is -0.463 e. The summed E-state index contributed by atoms with van der Waals surface area (Å²) in [5.74, 6) is -1.11. The van der Waals surface area contributed by atoms with Gasteiger partial charge in [-0.15, -0.1) is 0 Å². The molecule has 0 aromatic rings. The van der Waals surface area contributed by atoms with Crippen molar-refractivity contribution in [3.8, 4) is 6.07 Å². The maximum atomic E-state index is 11.6. The molecule has 0 aliphatic carbocycles. The fourth-order valence-corrected chi connectivity index (χ4v) is 1.27. The van der Waals surface area contributed by atoms with E-state index in [0.717, 1.165) is 0 Å². The number of nitrogens with zero attached hydrogens (tertiary/aromatic N) is 1. The van der Waals surface area contributed by atoms with Crippen molar-refractivity contribution in [1.29, 1.82) is 5.26 Å². The molecule has 1 unspecified atom stereocenters. The van der Waals surface area contributed by atoms with E-state index in [1.807, 2.05) is 13.0 Å². The van der Waals surface area contributed by atoms with Crippen LogP contribution < -0.4 is 5.32 Å². The number of rotatable bonds is 5. The molecule has 0 radical (unpaired) electrons. The first-order chi connectivity index (χ1) is 7.02. The highest BCUT2D eigenvalue weighted by Gasteiger charge is 2.40. The minimum atomic E-state index is -1.53. The maximum Gasteiger partial charge on any atom is 0.346 e. The number of carbonyl (C=O) groups excluding carboxylic acids is 2. The molecule has 0 bridgehead atoms. The van der Waals surface area contributed by atoms with E-state index in [-0.39, 0.29) is 13.0 Å². The fourth-order valence-electron chi connectivity index (χ4n) is 1.27. The zero-order chi connectivity index (χ0) is 11.9. The summed E-state index contributed by atoms with van der Waals surface area (Å²) in [7, 11) is 0.